The number of nitrogens with zero attached hydrogens (tertiary/aromatic N) is 2. The monoisotopic (exact) mass is 393 g/mol. The highest BCUT2D eigenvalue weighted by molar-refractivity contribution is 8.03. The van der Waals surface area contributed by atoms with Crippen LogP contribution in [-0.4, -0.2) is 39.4 Å². The fourth-order valence-electron chi connectivity index (χ4n) is 2.29. The van der Waals surface area contributed by atoms with Crippen LogP contribution in [0.4, 0.5) is 0 Å². The number of carbonyl (C=O) groups is 2. The minimum atomic E-state index is 0.0352. The number of amides is 1. The van der Waals surface area contributed by atoms with Crippen LogP contribution in [0.5, 0.6) is 0 Å². The maximum absolute atomic E-state index is 12.1. The molecular formula is C17H19N3O2S3. The van der Waals surface area contributed by atoms with Crippen molar-refractivity contribution in [3.05, 3.63) is 35.9 Å². The van der Waals surface area contributed by atoms with Gasteiger partial charge in [-0.2, -0.15) is 0 Å². The predicted molar refractivity (Wildman–Crippen MR) is 102 cm³/mol. The van der Waals surface area contributed by atoms with E-state index in [-0.39, 0.29) is 17.7 Å². The molecule has 1 heterocycles. The van der Waals surface area contributed by atoms with Crippen molar-refractivity contribution in [2.75, 3.05) is 11.5 Å². The molecule has 1 amide bonds. The van der Waals surface area contributed by atoms with Crippen molar-refractivity contribution < 1.29 is 9.59 Å². The van der Waals surface area contributed by atoms with Gasteiger partial charge in [0.15, 0.2) is 14.5 Å². The molecule has 1 aromatic heterocycles. The molecule has 1 atom stereocenters. The smallest absolute Gasteiger partial charge is 0.230 e. The maximum atomic E-state index is 12.1. The molecule has 0 unspecified atom stereocenters. The molecule has 5 nitrogen and oxygen atoms in total. The van der Waals surface area contributed by atoms with Gasteiger partial charge in [0, 0.05) is 11.6 Å². The van der Waals surface area contributed by atoms with Crippen molar-refractivity contribution in [1.82, 2.24) is 15.5 Å². The number of carbonyl (C=O) groups excluding carboxylic acids is 2. The summed E-state index contributed by atoms with van der Waals surface area (Å²) in [5.41, 5.74) is 0.704. The Balaban J connectivity index is 1.41. The van der Waals surface area contributed by atoms with E-state index in [0.717, 1.165) is 8.68 Å². The molecule has 2 aromatic rings. The Morgan fingerprint density at radius 2 is 1.80 bits per heavy atom. The van der Waals surface area contributed by atoms with E-state index in [1.807, 2.05) is 30.3 Å². The number of hydrogen-bond donors (Lipinski definition) is 1. The molecule has 3 rings (SSSR count). The lowest BCUT2D eigenvalue weighted by Gasteiger charge is -2.11. The second-order valence-electron chi connectivity index (χ2n) is 5.89. The number of Topliss-reactive ketones (excluding diaryl/α,β-unsaturated/α-hetero) is 1. The summed E-state index contributed by atoms with van der Waals surface area (Å²) >= 11 is 4.19. The lowest BCUT2D eigenvalue weighted by molar-refractivity contribution is -0.119. The van der Waals surface area contributed by atoms with Gasteiger partial charge in [0.25, 0.3) is 0 Å². The third kappa shape index (κ3) is 5.83. The highest BCUT2D eigenvalue weighted by Gasteiger charge is 2.28. The molecule has 0 aliphatic heterocycles. The van der Waals surface area contributed by atoms with Crippen LogP contribution in [0.25, 0.3) is 0 Å². The first-order chi connectivity index (χ1) is 12.1. The van der Waals surface area contributed by atoms with Crippen LogP contribution in [0.15, 0.2) is 39.0 Å². The number of nitrogens with one attached hydrogen (secondary N) is 1. The summed E-state index contributed by atoms with van der Waals surface area (Å²) < 4.78 is 1.50. The van der Waals surface area contributed by atoms with Gasteiger partial charge in [-0.05, 0) is 25.7 Å². The SMILES string of the molecule is C[C@@H](NC(=O)CSc1nnc(SCC(=O)c2ccccc2)s1)C1CC1. The van der Waals surface area contributed by atoms with E-state index in [0.29, 0.717) is 23.0 Å². The Hall–Kier alpha value is -1.38. The molecular weight excluding hydrogens is 374 g/mol. The number of rotatable bonds is 9. The summed E-state index contributed by atoms with van der Waals surface area (Å²) in [5.74, 6) is 1.44. The quantitative estimate of drug-likeness (QED) is 0.519. The average Bonchev–Trinajstić information content (AvgIpc) is 3.38. The molecule has 0 bridgehead atoms. The van der Waals surface area contributed by atoms with Gasteiger partial charge in [-0.25, -0.2) is 0 Å². The van der Waals surface area contributed by atoms with Crippen LogP contribution >= 0.6 is 34.9 Å². The number of thioether (sulfide) groups is 2. The van der Waals surface area contributed by atoms with Crippen LogP contribution in [0.1, 0.15) is 30.1 Å². The number of aromatic nitrogens is 2. The van der Waals surface area contributed by atoms with Crippen LogP contribution in [0.2, 0.25) is 0 Å². The standard InChI is InChI=1S/C17H19N3O2S3/c1-11(12-7-8-12)18-15(22)10-24-17-20-19-16(25-17)23-9-14(21)13-5-3-2-4-6-13/h2-6,11-12H,7-10H2,1H3,(H,18,22)/t11-/m1/s1. The van der Waals surface area contributed by atoms with E-state index < -0.39 is 0 Å². The number of hydrogen-bond acceptors (Lipinski definition) is 7. The van der Waals surface area contributed by atoms with Gasteiger partial charge in [0.05, 0.1) is 11.5 Å². The van der Waals surface area contributed by atoms with Gasteiger partial charge in [-0.15, -0.1) is 10.2 Å². The largest absolute Gasteiger partial charge is 0.353 e. The lowest BCUT2D eigenvalue weighted by Crippen LogP contribution is -2.35. The van der Waals surface area contributed by atoms with Crippen LogP contribution in [0.3, 0.4) is 0 Å². The molecule has 8 heteroatoms. The normalized spacial score (nSPS) is 14.9. The molecule has 1 aliphatic carbocycles. The third-order valence-corrected chi connectivity index (χ3v) is 7.04. The fraction of sp³-hybridized carbons (Fsp3) is 0.412. The minimum absolute atomic E-state index is 0.0352. The molecule has 1 saturated carbocycles. The zero-order chi connectivity index (χ0) is 17.6. The Labute approximate surface area is 159 Å². The van der Waals surface area contributed by atoms with E-state index in [1.54, 1.807) is 0 Å². The van der Waals surface area contributed by atoms with E-state index in [4.69, 9.17) is 0 Å². The molecule has 0 saturated heterocycles. The van der Waals surface area contributed by atoms with Gasteiger partial charge in [-0.3, -0.25) is 9.59 Å². The van der Waals surface area contributed by atoms with Gasteiger partial charge in [-0.1, -0.05) is 65.2 Å². The van der Waals surface area contributed by atoms with Crippen LogP contribution in [0, 0.1) is 5.92 Å². The van der Waals surface area contributed by atoms with Crippen molar-refractivity contribution in [2.45, 2.75) is 34.5 Å². The highest BCUT2D eigenvalue weighted by Crippen LogP contribution is 2.32. The van der Waals surface area contributed by atoms with Gasteiger partial charge >= 0.3 is 0 Å². The molecule has 0 spiro atoms. The Morgan fingerprint density at radius 1 is 1.16 bits per heavy atom. The summed E-state index contributed by atoms with van der Waals surface area (Å²) in [4.78, 5) is 24.0. The molecule has 0 radical (unpaired) electrons. The Morgan fingerprint density at radius 3 is 2.44 bits per heavy atom. The van der Waals surface area contributed by atoms with Crippen LogP contribution in [-0.2, 0) is 4.79 Å². The third-order valence-electron chi connectivity index (χ3n) is 3.85. The summed E-state index contributed by atoms with van der Waals surface area (Å²) in [6.45, 7) is 2.06. The van der Waals surface area contributed by atoms with E-state index >= 15 is 0 Å². The summed E-state index contributed by atoms with van der Waals surface area (Å²) in [6.07, 6.45) is 2.43. The van der Waals surface area contributed by atoms with Crippen molar-refractivity contribution in [1.29, 1.82) is 0 Å². The fourth-order valence-corrected chi connectivity index (χ4v) is 5.01. The zero-order valence-corrected chi connectivity index (χ0v) is 16.3. The van der Waals surface area contributed by atoms with Crippen molar-refractivity contribution in [3.63, 3.8) is 0 Å². The second-order valence-corrected chi connectivity index (χ2v) is 9.32. The molecule has 132 valence electrons. The van der Waals surface area contributed by atoms with Gasteiger partial charge in [0.1, 0.15) is 0 Å². The molecule has 1 fully saturated rings. The first-order valence-electron chi connectivity index (χ1n) is 8.08. The second kappa shape index (κ2) is 8.82. The lowest BCUT2D eigenvalue weighted by atomic mass is 10.2. The summed E-state index contributed by atoms with van der Waals surface area (Å²) in [6, 6.07) is 9.48. The highest BCUT2D eigenvalue weighted by atomic mass is 32.2. The first kappa shape index (κ1) is 18.4. The van der Waals surface area contributed by atoms with Gasteiger partial charge in [0.2, 0.25) is 5.91 Å². The van der Waals surface area contributed by atoms with Crippen molar-refractivity contribution >= 4 is 46.6 Å². The minimum Gasteiger partial charge on any atom is -0.353 e. The average molecular weight is 394 g/mol. The molecule has 25 heavy (non-hydrogen) atoms. The summed E-state index contributed by atoms with van der Waals surface area (Å²) in [5, 5.41) is 11.2. The maximum Gasteiger partial charge on any atom is 0.230 e. The number of ketones is 1. The van der Waals surface area contributed by atoms with E-state index in [9.17, 15) is 9.59 Å². The van der Waals surface area contributed by atoms with E-state index in [1.165, 1.54) is 47.7 Å². The van der Waals surface area contributed by atoms with Crippen molar-refractivity contribution in [3.8, 4) is 0 Å². The Bertz CT molecular complexity index is 732. The molecule has 1 N–H and O–H groups in total. The number of benzene rings is 1. The molecule has 1 aromatic carbocycles. The first-order valence-corrected chi connectivity index (χ1v) is 10.9. The van der Waals surface area contributed by atoms with Crippen molar-refractivity contribution in [2.24, 2.45) is 5.92 Å². The Kier molecular flexibility index (Phi) is 6.50. The topological polar surface area (TPSA) is 72.0 Å². The summed E-state index contributed by atoms with van der Waals surface area (Å²) in [7, 11) is 0. The predicted octanol–water partition coefficient (Wildman–Crippen LogP) is 3.52. The van der Waals surface area contributed by atoms with Gasteiger partial charge < -0.3 is 5.32 Å². The van der Waals surface area contributed by atoms with Crippen LogP contribution < -0.4 is 5.32 Å². The molecule has 1 aliphatic rings. The van der Waals surface area contributed by atoms with E-state index in [2.05, 4.69) is 22.4 Å². The zero-order valence-electron chi connectivity index (χ0n) is 13.8.